The maximum atomic E-state index is 13.0. The maximum absolute atomic E-state index is 13.0. The van der Waals surface area contributed by atoms with Gasteiger partial charge in [0.2, 0.25) is 15.9 Å². The van der Waals surface area contributed by atoms with Crippen molar-refractivity contribution in [2.24, 2.45) is 7.05 Å². The smallest absolute Gasteiger partial charge is 0.243 e. The standard InChI is InChI=1S/C21H24N4O3S2/c1-25-15-18(13-22-25)30(27,28)23-14-19(16-9-5-3-6-10-16)24-21(26)20(29-2)17-11-7-4-8-12-17/h3-13,15,19-20,23H,14H2,1-2H3,(H,24,26). The van der Waals surface area contributed by atoms with E-state index in [1.54, 1.807) is 7.05 Å². The van der Waals surface area contributed by atoms with Crippen LogP contribution in [0.1, 0.15) is 22.4 Å². The van der Waals surface area contributed by atoms with Crippen LogP contribution in [0.4, 0.5) is 0 Å². The fourth-order valence-corrected chi connectivity index (χ4v) is 4.76. The van der Waals surface area contributed by atoms with Crippen LogP contribution < -0.4 is 10.0 Å². The van der Waals surface area contributed by atoms with Crippen LogP contribution in [0, 0.1) is 0 Å². The average molecular weight is 445 g/mol. The number of aromatic nitrogens is 2. The molecule has 30 heavy (non-hydrogen) atoms. The Balaban J connectivity index is 1.78. The molecular weight excluding hydrogens is 420 g/mol. The summed E-state index contributed by atoms with van der Waals surface area (Å²) in [6, 6.07) is 18.3. The van der Waals surface area contributed by atoms with Gasteiger partial charge in [0.05, 0.1) is 12.2 Å². The second-order valence-corrected chi connectivity index (χ2v) is 9.41. The second-order valence-electron chi connectivity index (χ2n) is 6.70. The van der Waals surface area contributed by atoms with Gasteiger partial charge in [-0.1, -0.05) is 60.7 Å². The first kappa shape index (κ1) is 22.1. The van der Waals surface area contributed by atoms with E-state index in [1.807, 2.05) is 66.9 Å². The van der Waals surface area contributed by atoms with Gasteiger partial charge in [-0.15, -0.1) is 11.8 Å². The normalized spacial score (nSPS) is 13.5. The van der Waals surface area contributed by atoms with Crippen LogP contribution in [0.5, 0.6) is 0 Å². The highest BCUT2D eigenvalue weighted by molar-refractivity contribution is 7.99. The van der Waals surface area contributed by atoms with Crippen molar-refractivity contribution in [3.63, 3.8) is 0 Å². The summed E-state index contributed by atoms with van der Waals surface area (Å²) in [4.78, 5) is 13.1. The van der Waals surface area contributed by atoms with Gasteiger partial charge in [0.15, 0.2) is 0 Å². The topological polar surface area (TPSA) is 93.1 Å². The zero-order chi connectivity index (χ0) is 21.6. The molecule has 158 valence electrons. The van der Waals surface area contributed by atoms with Gasteiger partial charge in [-0.2, -0.15) is 5.10 Å². The highest BCUT2D eigenvalue weighted by Crippen LogP contribution is 2.27. The van der Waals surface area contributed by atoms with Gasteiger partial charge in [-0.25, -0.2) is 13.1 Å². The third kappa shape index (κ3) is 5.50. The van der Waals surface area contributed by atoms with E-state index in [0.29, 0.717) is 0 Å². The van der Waals surface area contributed by atoms with Crippen molar-refractivity contribution in [1.82, 2.24) is 19.8 Å². The molecule has 0 spiro atoms. The van der Waals surface area contributed by atoms with E-state index in [2.05, 4.69) is 15.1 Å². The molecule has 0 aliphatic carbocycles. The molecule has 0 radical (unpaired) electrons. The minimum atomic E-state index is -3.75. The highest BCUT2D eigenvalue weighted by Gasteiger charge is 2.25. The number of nitrogens with one attached hydrogen (secondary N) is 2. The molecule has 2 N–H and O–H groups in total. The number of carbonyl (C=O) groups is 1. The number of hydrogen-bond donors (Lipinski definition) is 2. The number of carbonyl (C=O) groups excluding carboxylic acids is 1. The number of rotatable bonds is 9. The molecule has 0 saturated carbocycles. The third-order valence-corrected chi connectivity index (χ3v) is 6.90. The Morgan fingerprint density at radius 2 is 1.67 bits per heavy atom. The Kier molecular flexibility index (Phi) is 7.30. The van der Waals surface area contributed by atoms with Crippen molar-refractivity contribution >= 4 is 27.7 Å². The lowest BCUT2D eigenvalue weighted by Crippen LogP contribution is -2.39. The summed E-state index contributed by atoms with van der Waals surface area (Å²) in [5.41, 5.74) is 1.71. The Morgan fingerprint density at radius 1 is 1.07 bits per heavy atom. The molecule has 0 aliphatic rings. The summed E-state index contributed by atoms with van der Waals surface area (Å²) in [6.07, 6.45) is 4.59. The molecule has 0 fully saturated rings. The molecule has 2 atom stereocenters. The molecule has 0 bridgehead atoms. The minimum absolute atomic E-state index is 0.0167. The SMILES string of the molecule is CSC(C(=O)NC(CNS(=O)(=O)c1cnn(C)c1)c1ccccc1)c1ccccc1. The van der Waals surface area contributed by atoms with Gasteiger partial charge in [-0.05, 0) is 17.4 Å². The lowest BCUT2D eigenvalue weighted by molar-refractivity contribution is -0.121. The van der Waals surface area contributed by atoms with Crippen molar-refractivity contribution < 1.29 is 13.2 Å². The lowest BCUT2D eigenvalue weighted by Gasteiger charge is -2.23. The van der Waals surface area contributed by atoms with E-state index in [4.69, 9.17) is 0 Å². The number of hydrogen-bond acceptors (Lipinski definition) is 5. The Bertz CT molecular complexity index is 1070. The molecule has 7 nitrogen and oxygen atoms in total. The van der Waals surface area contributed by atoms with Crippen molar-refractivity contribution in [2.75, 3.05) is 12.8 Å². The van der Waals surface area contributed by atoms with E-state index in [1.165, 1.54) is 28.8 Å². The molecule has 2 aromatic carbocycles. The largest absolute Gasteiger partial charge is 0.347 e. The Hall–Kier alpha value is -2.62. The van der Waals surface area contributed by atoms with Crippen LogP contribution in [0.2, 0.25) is 0 Å². The molecule has 1 aromatic heterocycles. The van der Waals surface area contributed by atoms with Crippen molar-refractivity contribution in [1.29, 1.82) is 0 Å². The van der Waals surface area contributed by atoms with Gasteiger partial charge in [0, 0.05) is 19.8 Å². The van der Waals surface area contributed by atoms with Crippen molar-refractivity contribution in [3.05, 3.63) is 84.2 Å². The monoisotopic (exact) mass is 444 g/mol. The van der Waals surface area contributed by atoms with E-state index in [0.717, 1.165) is 11.1 Å². The van der Waals surface area contributed by atoms with Crippen LogP contribution in [-0.4, -0.2) is 36.9 Å². The van der Waals surface area contributed by atoms with Crippen LogP contribution in [0.3, 0.4) is 0 Å². The number of nitrogens with zero attached hydrogens (tertiary/aromatic N) is 2. The number of aryl methyl sites for hydroxylation is 1. The molecule has 1 amide bonds. The molecule has 1 heterocycles. The maximum Gasteiger partial charge on any atom is 0.243 e. The fourth-order valence-electron chi connectivity index (χ4n) is 3.02. The summed E-state index contributed by atoms with van der Waals surface area (Å²) >= 11 is 1.43. The average Bonchev–Trinajstić information content (AvgIpc) is 3.20. The fraction of sp³-hybridized carbons (Fsp3) is 0.238. The van der Waals surface area contributed by atoms with Crippen LogP contribution in [0.25, 0.3) is 0 Å². The van der Waals surface area contributed by atoms with Crippen molar-refractivity contribution in [2.45, 2.75) is 16.2 Å². The highest BCUT2D eigenvalue weighted by atomic mass is 32.2. The zero-order valence-electron chi connectivity index (χ0n) is 16.7. The quantitative estimate of drug-likeness (QED) is 0.529. The van der Waals surface area contributed by atoms with Crippen LogP contribution >= 0.6 is 11.8 Å². The van der Waals surface area contributed by atoms with Crippen LogP contribution in [0.15, 0.2) is 78.0 Å². The molecule has 0 saturated heterocycles. The molecule has 3 aromatic rings. The lowest BCUT2D eigenvalue weighted by atomic mass is 10.1. The summed E-state index contributed by atoms with van der Waals surface area (Å²) in [5, 5.41) is 6.52. The summed E-state index contributed by atoms with van der Waals surface area (Å²) in [5.74, 6) is -0.178. The third-order valence-electron chi connectivity index (χ3n) is 4.56. The molecule has 3 rings (SSSR count). The van der Waals surface area contributed by atoms with Gasteiger partial charge in [0.25, 0.3) is 0 Å². The zero-order valence-corrected chi connectivity index (χ0v) is 18.4. The van der Waals surface area contributed by atoms with Crippen molar-refractivity contribution in [3.8, 4) is 0 Å². The van der Waals surface area contributed by atoms with Crippen LogP contribution in [-0.2, 0) is 21.9 Å². The first-order valence-corrected chi connectivity index (χ1v) is 12.1. The van der Waals surface area contributed by atoms with E-state index < -0.39 is 21.3 Å². The number of thioether (sulfide) groups is 1. The van der Waals surface area contributed by atoms with Gasteiger partial charge < -0.3 is 5.32 Å². The number of sulfonamides is 1. The minimum Gasteiger partial charge on any atom is -0.347 e. The summed E-state index contributed by atoms with van der Waals surface area (Å²) < 4.78 is 29.2. The summed E-state index contributed by atoms with van der Waals surface area (Å²) in [6.45, 7) is 0.0167. The van der Waals surface area contributed by atoms with E-state index in [9.17, 15) is 13.2 Å². The first-order valence-electron chi connectivity index (χ1n) is 9.32. The van der Waals surface area contributed by atoms with E-state index in [-0.39, 0.29) is 17.3 Å². The number of benzene rings is 2. The molecule has 9 heteroatoms. The second kappa shape index (κ2) is 9.92. The first-order chi connectivity index (χ1) is 14.4. The molecular formula is C21H24N4O3S2. The van der Waals surface area contributed by atoms with Gasteiger partial charge >= 0.3 is 0 Å². The number of amides is 1. The molecule has 2 unspecified atom stereocenters. The predicted octanol–water partition coefficient (Wildman–Crippen LogP) is 2.66. The van der Waals surface area contributed by atoms with E-state index >= 15 is 0 Å². The molecule has 0 aliphatic heterocycles. The summed E-state index contributed by atoms with van der Waals surface area (Å²) in [7, 11) is -2.10. The Labute approximate surface area is 180 Å². The predicted molar refractivity (Wildman–Crippen MR) is 118 cm³/mol. The van der Waals surface area contributed by atoms with Gasteiger partial charge in [-0.3, -0.25) is 9.48 Å². The Morgan fingerprint density at radius 3 is 2.20 bits per heavy atom. The van der Waals surface area contributed by atoms with Gasteiger partial charge in [0.1, 0.15) is 10.1 Å².